The van der Waals surface area contributed by atoms with E-state index in [1.165, 1.54) is 23.5 Å². The molecule has 2 aromatic rings. The molecule has 0 fully saturated rings. The van der Waals surface area contributed by atoms with Crippen LogP contribution in [0, 0.1) is 17.2 Å². The zero-order chi connectivity index (χ0) is 19.4. The van der Waals surface area contributed by atoms with Gasteiger partial charge in [0.1, 0.15) is 11.1 Å². The molecule has 0 spiro atoms. The predicted octanol–water partition coefficient (Wildman–Crippen LogP) is 3.03. The number of ether oxygens (including phenoxy) is 1. The van der Waals surface area contributed by atoms with Crippen LogP contribution >= 0.6 is 11.3 Å². The minimum absolute atomic E-state index is 0.109. The number of fused-ring (bicyclic) bond motifs is 1. The Labute approximate surface area is 161 Å². The van der Waals surface area contributed by atoms with Crippen LogP contribution in [0.4, 0.5) is 5.00 Å². The third-order valence-corrected chi connectivity index (χ3v) is 5.75. The fourth-order valence-corrected chi connectivity index (χ4v) is 4.46. The number of anilines is 1. The third-order valence-electron chi connectivity index (χ3n) is 4.58. The molecule has 6 nitrogen and oxygen atoms in total. The van der Waals surface area contributed by atoms with Crippen LogP contribution in [0.25, 0.3) is 0 Å². The maximum absolute atomic E-state index is 12.2. The normalized spacial score (nSPS) is 15.5. The topological polar surface area (TPSA) is 99.4 Å². The first-order chi connectivity index (χ1) is 13.0. The van der Waals surface area contributed by atoms with Crippen LogP contribution in [-0.4, -0.2) is 23.6 Å². The first kappa shape index (κ1) is 19.1. The molecule has 2 N–H and O–H groups in total. The number of esters is 1. The summed E-state index contributed by atoms with van der Waals surface area (Å²) in [6, 6.07) is 8.50. The number of hydrogen-bond donors (Lipinski definition) is 2. The van der Waals surface area contributed by atoms with Gasteiger partial charge < -0.3 is 15.2 Å². The summed E-state index contributed by atoms with van der Waals surface area (Å²) in [5.41, 5.74) is 2.56. The number of benzene rings is 1. The molecule has 0 aliphatic heterocycles. The average Bonchev–Trinajstić information content (AvgIpc) is 3.01. The van der Waals surface area contributed by atoms with E-state index in [1.54, 1.807) is 12.1 Å². The molecule has 1 amide bonds. The second-order valence-electron chi connectivity index (χ2n) is 6.65. The highest BCUT2D eigenvalue weighted by molar-refractivity contribution is 7.16. The van der Waals surface area contributed by atoms with Crippen LogP contribution in [-0.2, 0) is 29.0 Å². The number of carbonyl (C=O) groups excluding carboxylic acids is 2. The summed E-state index contributed by atoms with van der Waals surface area (Å²) in [4.78, 5) is 25.3. The van der Waals surface area contributed by atoms with Gasteiger partial charge in [-0.3, -0.25) is 4.79 Å². The highest BCUT2D eigenvalue weighted by Gasteiger charge is 2.24. The van der Waals surface area contributed by atoms with Crippen molar-refractivity contribution in [3.8, 4) is 6.07 Å². The third kappa shape index (κ3) is 4.35. The fourth-order valence-electron chi connectivity index (χ4n) is 3.08. The fraction of sp³-hybridized carbons (Fsp3) is 0.350. The maximum atomic E-state index is 12.2. The van der Waals surface area contributed by atoms with E-state index in [0.717, 1.165) is 29.7 Å². The molecule has 0 radical (unpaired) electrons. The maximum Gasteiger partial charge on any atom is 0.338 e. The minimum Gasteiger partial charge on any atom is -0.452 e. The van der Waals surface area contributed by atoms with E-state index in [4.69, 9.17) is 9.84 Å². The predicted molar refractivity (Wildman–Crippen MR) is 102 cm³/mol. The Morgan fingerprint density at radius 3 is 2.78 bits per heavy atom. The van der Waals surface area contributed by atoms with E-state index in [-0.39, 0.29) is 6.61 Å². The van der Waals surface area contributed by atoms with Gasteiger partial charge in [0.25, 0.3) is 5.91 Å². The number of rotatable bonds is 5. The molecule has 1 atom stereocenters. The van der Waals surface area contributed by atoms with Gasteiger partial charge in [-0.1, -0.05) is 19.1 Å². The van der Waals surface area contributed by atoms with Gasteiger partial charge in [-0.2, -0.15) is 5.26 Å². The van der Waals surface area contributed by atoms with E-state index in [1.807, 2.05) is 0 Å². The lowest BCUT2D eigenvalue weighted by atomic mass is 9.89. The van der Waals surface area contributed by atoms with Gasteiger partial charge in [0.2, 0.25) is 0 Å². The van der Waals surface area contributed by atoms with E-state index in [2.05, 4.69) is 18.3 Å². The second kappa shape index (κ2) is 8.33. The molecular formula is C20H20N2O4S. The number of thiophene rings is 1. The van der Waals surface area contributed by atoms with Crippen molar-refractivity contribution in [3.05, 3.63) is 51.4 Å². The summed E-state index contributed by atoms with van der Waals surface area (Å²) < 4.78 is 5.04. The number of hydrogen-bond acceptors (Lipinski definition) is 6. The Morgan fingerprint density at radius 2 is 2.11 bits per heavy atom. The summed E-state index contributed by atoms with van der Waals surface area (Å²) in [5, 5.41) is 21.7. The van der Waals surface area contributed by atoms with E-state index >= 15 is 0 Å². The highest BCUT2D eigenvalue weighted by atomic mass is 32.1. The Morgan fingerprint density at radius 1 is 1.37 bits per heavy atom. The van der Waals surface area contributed by atoms with Crippen LogP contribution in [0.1, 0.15) is 45.3 Å². The van der Waals surface area contributed by atoms with Crippen LogP contribution in [0.5, 0.6) is 0 Å². The van der Waals surface area contributed by atoms with Gasteiger partial charge in [-0.25, -0.2) is 4.79 Å². The van der Waals surface area contributed by atoms with Crippen LogP contribution in [0.15, 0.2) is 24.3 Å². The number of aliphatic hydroxyl groups excluding tert-OH is 1. The number of amides is 1. The molecule has 0 saturated heterocycles. The molecule has 1 aromatic carbocycles. The van der Waals surface area contributed by atoms with Crippen molar-refractivity contribution >= 4 is 28.2 Å². The van der Waals surface area contributed by atoms with Crippen molar-refractivity contribution < 1.29 is 19.4 Å². The largest absolute Gasteiger partial charge is 0.452 e. The lowest BCUT2D eigenvalue weighted by molar-refractivity contribution is -0.119. The Bertz CT molecular complexity index is 896. The van der Waals surface area contributed by atoms with E-state index in [0.29, 0.717) is 27.6 Å². The van der Waals surface area contributed by atoms with Crippen molar-refractivity contribution in [1.29, 1.82) is 5.26 Å². The summed E-state index contributed by atoms with van der Waals surface area (Å²) in [6.07, 6.45) is 2.81. The molecular weight excluding hydrogens is 364 g/mol. The van der Waals surface area contributed by atoms with Crippen molar-refractivity contribution in [1.82, 2.24) is 0 Å². The standard InChI is InChI=1S/C20H20N2O4S/c1-12-2-7-15-16(9-21)19(27-17(15)8-12)22-18(24)11-26-20(25)14-5-3-13(10-23)4-6-14/h3-6,12,23H,2,7-8,10-11H2,1H3,(H,22,24). The molecule has 0 bridgehead atoms. The van der Waals surface area contributed by atoms with Gasteiger partial charge in [-0.15, -0.1) is 11.3 Å². The van der Waals surface area contributed by atoms with E-state index < -0.39 is 18.5 Å². The van der Waals surface area contributed by atoms with E-state index in [9.17, 15) is 14.9 Å². The number of nitrogens with one attached hydrogen (secondary N) is 1. The van der Waals surface area contributed by atoms with Crippen molar-refractivity contribution in [2.24, 2.45) is 5.92 Å². The van der Waals surface area contributed by atoms with Gasteiger partial charge in [-0.05, 0) is 48.4 Å². The smallest absolute Gasteiger partial charge is 0.338 e. The first-order valence-corrected chi connectivity index (χ1v) is 9.55. The summed E-state index contributed by atoms with van der Waals surface area (Å²) in [5.74, 6) is -0.516. The molecule has 1 aliphatic rings. The molecule has 1 heterocycles. The van der Waals surface area contributed by atoms with Gasteiger partial charge >= 0.3 is 5.97 Å². The van der Waals surface area contributed by atoms with Gasteiger partial charge in [0.05, 0.1) is 17.7 Å². The molecule has 3 rings (SSSR count). The summed E-state index contributed by atoms with van der Waals surface area (Å²) in [6.45, 7) is 1.65. The lowest BCUT2D eigenvalue weighted by Gasteiger charge is -2.17. The Balaban J connectivity index is 1.61. The van der Waals surface area contributed by atoms with Crippen molar-refractivity contribution in [3.63, 3.8) is 0 Å². The molecule has 1 aliphatic carbocycles. The summed E-state index contributed by atoms with van der Waals surface area (Å²) in [7, 11) is 0. The van der Waals surface area contributed by atoms with Crippen LogP contribution < -0.4 is 5.32 Å². The first-order valence-electron chi connectivity index (χ1n) is 8.73. The average molecular weight is 384 g/mol. The Kier molecular flexibility index (Phi) is 5.89. The monoisotopic (exact) mass is 384 g/mol. The summed E-state index contributed by atoms with van der Waals surface area (Å²) >= 11 is 1.43. The van der Waals surface area contributed by atoms with Gasteiger partial charge in [0.15, 0.2) is 6.61 Å². The molecule has 140 valence electrons. The number of aliphatic hydroxyl groups is 1. The molecule has 27 heavy (non-hydrogen) atoms. The Hall–Kier alpha value is -2.69. The molecule has 7 heteroatoms. The van der Waals surface area contributed by atoms with Crippen molar-refractivity contribution in [2.75, 3.05) is 11.9 Å². The number of nitriles is 1. The lowest BCUT2D eigenvalue weighted by Crippen LogP contribution is -2.21. The number of carbonyl (C=O) groups is 2. The van der Waals surface area contributed by atoms with Crippen LogP contribution in [0.3, 0.4) is 0 Å². The minimum atomic E-state index is -0.616. The van der Waals surface area contributed by atoms with Crippen LogP contribution in [0.2, 0.25) is 0 Å². The highest BCUT2D eigenvalue weighted by Crippen LogP contribution is 2.39. The zero-order valence-electron chi connectivity index (χ0n) is 14.9. The number of nitrogens with zero attached hydrogens (tertiary/aromatic N) is 1. The molecule has 1 unspecified atom stereocenters. The zero-order valence-corrected chi connectivity index (χ0v) is 15.8. The van der Waals surface area contributed by atoms with Gasteiger partial charge in [0, 0.05) is 4.88 Å². The molecule has 0 saturated carbocycles. The molecule has 1 aromatic heterocycles. The second-order valence-corrected chi connectivity index (χ2v) is 7.75. The quantitative estimate of drug-likeness (QED) is 0.772. The van der Waals surface area contributed by atoms with Crippen molar-refractivity contribution in [2.45, 2.75) is 32.8 Å². The SMILES string of the molecule is CC1CCc2c(sc(NC(=O)COC(=O)c3ccc(CO)cc3)c2C#N)C1.